The van der Waals surface area contributed by atoms with Gasteiger partial charge in [-0.2, -0.15) is 5.10 Å². The van der Waals surface area contributed by atoms with Gasteiger partial charge in [0.15, 0.2) is 23.1 Å². The fourth-order valence-electron chi connectivity index (χ4n) is 4.96. The number of aliphatic imine (C=N–C) groups is 1. The molecule has 1 saturated heterocycles. The van der Waals surface area contributed by atoms with Crippen LogP contribution in [-0.4, -0.2) is 77.7 Å². The van der Waals surface area contributed by atoms with Gasteiger partial charge in [0, 0.05) is 31.3 Å². The number of nitrogens with two attached hydrogens (primary N) is 1. The third kappa shape index (κ3) is 6.57. The van der Waals surface area contributed by atoms with Crippen LogP contribution in [0.3, 0.4) is 0 Å². The van der Waals surface area contributed by atoms with Crippen LogP contribution < -0.4 is 25.4 Å². The highest BCUT2D eigenvalue weighted by Crippen LogP contribution is 2.38. The van der Waals surface area contributed by atoms with E-state index >= 15 is 0 Å². The second-order valence-electron chi connectivity index (χ2n) is 9.96. The van der Waals surface area contributed by atoms with Crippen LogP contribution in [0.25, 0.3) is 0 Å². The smallest absolute Gasteiger partial charge is 0.239 e. The number of amidine groups is 1. The number of primary amides is 1. The van der Waals surface area contributed by atoms with Crippen LogP contribution in [0, 0.1) is 11.6 Å². The maximum atomic E-state index is 14.9. The molecule has 3 aromatic rings. The van der Waals surface area contributed by atoms with Crippen LogP contribution in [0.5, 0.6) is 11.5 Å². The van der Waals surface area contributed by atoms with Gasteiger partial charge in [-0.15, -0.1) is 0 Å². The average molecular weight is 570 g/mol. The summed E-state index contributed by atoms with van der Waals surface area (Å²) >= 11 is 0. The van der Waals surface area contributed by atoms with Crippen molar-refractivity contribution in [2.75, 3.05) is 50.2 Å². The minimum Gasteiger partial charge on any atom is -0.493 e. The second kappa shape index (κ2) is 12.5. The van der Waals surface area contributed by atoms with Gasteiger partial charge >= 0.3 is 0 Å². The van der Waals surface area contributed by atoms with Gasteiger partial charge in [-0.3, -0.25) is 9.48 Å². The summed E-state index contributed by atoms with van der Waals surface area (Å²) in [5.74, 6) is -1.25. The van der Waals surface area contributed by atoms with Gasteiger partial charge in [-0.05, 0) is 37.5 Å². The number of nitrogens with one attached hydrogen (secondary N) is 1. The van der Waals surface area contributed by atoms with Gasteiger partial charge in [0.1, 0.15) is 18.1 Å². The average Bonchev–Trinajstić information content (AvgIpc) is 3.39. The van der Waals surface area contributed by atoms with Crippen LogP contribution in [0.15, 0.2) is 47.7 Å². The number of fused-ring (bicyclic) bond motifs is 1. The standard InChI is InChI=1S/C28H33F2N7O4/c1-40-24-12-20-22(13-25(24)41-11-3-8-35-9-6-19(38)7-10-35)32-17-37(23-5-2-4-21(29)27(23)30)28(20)34-18-14-33-36(15-18)16-26(31)39/h2,4-5,12-15,19,32,38H,3,6-11,16-17H2,1H3,(H2,31,39). The van der Waals surface area contributed by atoms with E-state index in [-0.39, 0.29) is 25.0 Å². The lowest BCUT2D eigenvalue weighted by Crippen LogP contribution is -2.41. The molecule has 13 heteroatoms. The number of hydrogen-bond acceptors (Lipinski definition) is 8. The minimum atomic E-state index is -1.01. The predicted molar refractivity (Wildman–Crippen MR) is 150 cm³/mol. The van der Waals surface area contributed by atoms with Gasteiger partial charge < -0.3 is 35.4 Å². The first-order valence-corrected chi connectivity index (χ1v) is 13.4. The van der Waals surface area contributed by atoms with Crippen LogP contribution in [0.2, 0.25) is 0 Å². The second-order valence-corrected chi connectivity index (χ2v) is 9.96. The number of rotatable bonds is 10. The minimum absolute atomic E-state index is 0.00375. The Morgan fingerprint density at radius 3 is 2.80 bits per heavy atom. The molecule has 0 spiro atoms. The van der Waals surface area contributed by atoms with E-state index in [9.17, 15) is 18.7 Å². The topological polar surface area (TPSA) is 130 Å². The van der Waals surface area contributed by atoms with Crippen molar-refractivity contribution in [2.24, 2.45) is 10.7 Å². The third-order valence-electron chi connectivity index (χ3n) is 7.06. The van der Waals surface area contributed by atoms with E-state index in [0.29, 0.717) is 40.9 Å². The van der Waals surface area contributed by atoms with Crippen LogP contribution >= 0.6 is 0 Å². The quantitative estimate of drug-likeness (QED) is 0.318. The number of ether oxygens (including phenoxy) is 2. The molecule has 2 aliphatic heterocycles. The molecule has 1 amide bonds. The van der Waals surface area contributed by atoms with Gasteiger partial charge in [0.2, 0.25) is 5.91 Å². The Balaban J connectivity index is 1.42. The molecule has 1 aromatic heterocycles. The highest BCUT2D eigenvalue weighted by atomic mass is 19.2. The summed E-state index contributed by atoms with van der Waals surface area (Å²) in [4.78, 5) is 19.9. The molecular weight excluding hydrogens is 536 g/mol. The fraction of sp³-hybridized carbons (Fsp3) is 0.393. The Bertz CT molecular complexity index is 1420. The maximum Gasteiger partial charge on any atom is 0.239 e. The summed E-state index contributed by atoms with van der Waals surface area (Å²) in [6, 6.07) is 7.48. The summed E-state index contributed by atoms with van der Waals surface area (Å²) in [6.45, 7) is 3.05. The fourth-order valence-corrected chi connectivity index (χ4v) is 4.96. The Kier molecular flexibility index (Phi) is 8.64. The zero-order chi connectivity index (χ0) is 28.9. The molecule has 4 N–H and O–H groups in total. The number of piperidine rings is 1. The van der Waals surface area contributed by atoms with E-state index in [1.54, 1.807) is 12.1 Å². The number of amides is 1. The highest BCUT2D eigenvalue weighted by Gasteiger charge is 2.29. The van der Waals surface area contributed by atoms with E-state index in [1.807, 2.05) is 0 Å². The zero-order valence-corrected chi connectivity index (χ0v) is 22.7. The van der Waals surface area contributed by atoms with E-state index in [0.717, 1.165) is 45.0 Å². The number of carbonyl (C=O) groups is 1. The molecule has 0 atom stereocenters. The molecule has 1 fully saturated rings. The zero-order valence-electron chi connectivity index (χ0n) is 22.7. The summed E-state index contributed by atoms with van der Waals surface area (Å²) < 4.78 is 42.2. The number of halogens is 2. The number of nitrogens with zero attached hydrogens (tertiary/aromatic N) is 5. The number of anilines is 2. The number of likely N-dealkylation sites (tertiary alicyclic amines) is 1. The Labute approximate surface area is 236 Å². The molecule has 218 valence electrons. The lowest BCUT2D eigenvalue weighted by Gasteiger charge is -2.33. The predicted octanol–water partition coefficient (Wildman–Crippen LogP) is 2.85. The number of benzene rings is 2. The van der Waals surface area contributed by atoms with E-state index < -0.39 is 17.5 Å². The first-order valence-electron chi connectivity index (χ1n) is 13.4. The maximum absolute atomic E-state index is 14.9. The van der Waals surface area contributed by atoms with Crippen molar-refractivity contribution >= 4 is 28.8 Å². The first kappa shape index (κ1) is 28.3. The summed E-state index contributed by atoms with van der Waals surface area (Å²) in [5, 5.41) is 17.1. The molecule has 0 saturated carbocycles. The lowest BCUT2D eigenvalue weighted by molar-refractivity contribution is -0.118. The van der Waals surface area contributed by atoms with E-state index in [1.165, 1.54) is 41.2 Å². The lowest BCUT2D eigenvalue weighted by atomic mass is 10.1. The van der Waals surface area contributed by atoms with E-state index in [4.69, 9.17) is 20.2 Å². The third-order valence-corrected chi connectivity index (χ3v) is 7.06. The number of hydrogen-bond donors (Lipinski definition) is 3. The van der Waals surface area contributed by atoms with Crippen LogP contribution in [0.4, 0.5) is 25.8 Å². The highest BCUT2D eigenvalue weighted by molar-refractivity contribution is 6.16. The number of methoxy groups -OCH3 is 1. The molecule has 2 aromatic carbocycles. The van der Waals surface area contributed by atoms with Crippen molar-refractivity contribution in [3.05, 3.63) is 59.9 Å². The molecule has 0 bridgehead atoms. The number of aliphatic hydroxyl groups excluding tert-OH is 1. The Morgan fingerprint density at radius 2 is 2.05 bits per heavy atom. The summed E-state index contributed by atoms with van der Waals surface area (Å²) in [7, 11) is 1.53. The van der Waals surface area contributed by atoms with Crippen LogP contribution in [-0.2, 0) is 11.3 Å². The molecule has 3 heterocycles. The van der Waals surface area contributed by atoms with Gasteiger partial charge in [0.25, 0.3) is 0 Å². The van der Waals surface area contributed by atoms with Crippen LogP contribution in [0.1, 0.15) is 24.8 Å². The van der Waals surface area contributed by atoms with Gasteiger partial charge in [0.05, 0.1) is 50.3 Å². The molecule has 0 unspecified atom stereocenters. The number of aliphatic hydroxyl groups is 1. The molecule has 5 rings (SSSR count). The Hall–Kier alpha value is -4.23. The normalized spacial score (nSPS) is 16.9. The SMILES string of the molecule is COc1cc2c(cc1OCCCN1CCC(O)CC1)NCN(c1cccc(F)c1F)C2=Nc1cnn(CC(N)=O)c1. The molecular formula is C28H33F2N7O4. The van der Waals surface area contributed by atoms with Crippen molar-refractivity contribution in [1.29, 1.82) is 0 Å². The van der Waals surface area contributed by atoms with Crippen molar-refractivity contribution in [1.82, 2.24) is 14.7 Å². The van der Waals surface area contributed by atoms with E-state index in [2.05, 4.69) is 15.3 Å². The number of aromatic nitrogens is 2. The molecule has 0 aliphatic carbocycles. The largest absolute Gasteiger partial charge is 0.493 e. The Morgan fingerprint density at radius 1 is 1.24 bits per heavy atom. The van der Waals surface area contributed by atoms with Crippen molar-refractivity contribution < 1.29 is 28.2 Å². The van der Waals surface area contributed by atoms with Gasteiger partial charge in [-0.25, -0.2) is 13.8 Å². The van der Waals surface area contributed by atoms with Crippen molar-refractivity contribution in [2.45, 2.75) is 31.9 Å². The molecule has 11 nitrogen and oxygen atoms in total. The monoisotopic (exact) mass is 569 g/mol. The molecule has 41 heavy (non-hydrogen) atoms. The summed E-state index contributed by atoms with van der Waals surface area (Å²) in [6.07, 6.45) is 5.17. The molecule has 2 aliphatic rings. The van der Waals surface area contributed by atoms with Gasteiger partial charge in [-0.1, -0.05) is 6.07 Å². The van der Waals surface area contributed by atoms with Crippen molar-refractivity contribution in [3.8, 4) is 11.5 Å². The van der Waals surface area contributed by atoms with Crippen molar-refractivity contribution in [3.63, 3.8) is 0 Å². The number of carbonyl (C=O) groups excluding carboxylic acids is 1. The first-order chi connectivity index (χ1) is 19.8. The molecule has 0 radical (unpaired) electrons. The summed E-state index contributed by atoms with van der Waals surface area (Å²) in [5.41, 5.74) is 6.90.